The summed E-state index contributed by atoms with van der Waals surface area (Å²) in [6.07, 6.45) is 0.785. The van der Waals surface area contributed by atoms with Crippen LogP contribution in [-0.4, -0.2) is 23.9 Å². The molecule has 0 aliphatic heterocycles. The van der Waals surface area contributed by atoms with E-state index in [0.29, 0.717) is 5.75 Å². The van der Waals surface area contributed by atoms with Crippen LogP contribution in [0.25, 0.3) is 0 Å². The van der Waals surface area contributed by atoms with E-state index in [1.54, 1.807) is 12.1 Å². The molecule has 78 valence electrons. The van der Waals surface area contributed by atoms with E-state index in [1.165, 1.54) is 7.11 Å². The maximum atomic E-state index is 9.35. The minimum atomic E-state index is 0.146. The first-order valence-electron chi connectivity index (χ1n) is 4.64. The highest BCUT2D eigenvalue weighted by atomic mass is 16.5. The van der Waals surface area contributed by atoms with Gasteiger partial charge in [-0.15, -0.1) is 0 Å². The Hall–Kier alpha value is -1.22. The molecule has 0 aromatic heterocycles. The molecule has 0 aliphatic rings. The SMILES string of the molecule is COc1cc(CC(C)CO)ccc1O. The zero-order valence-electron chi connectivity index (χ0n) is 8.53. The van der Waals surface area contributed by atoms with E-state index in [4.69, 9.17) is 9.84 Å². The fraction of sp³-hybridized carbons (Fsp3) is 0.455. The normalized spacial score (nSPS) is 12.5. The molecule has 3 heteroatoms. The zero-order valence-corrected chi connectivity index (χ0v) is 8.53. The molecule has 0 bridgehead atoms. The van der Waals surface area contributed by atoms with Crippen LogP contribution in [0.4, 0.5) is 0 Å². The summed E-state index contributed by atoms with van der Waals surface area (Å²) >= 11 is 0. The molecule has 0 fully saturated rings. The van der Waals surface area contributed by atoms with Crippen LogP contribution in [-0.2, 0) is 6.42 Å². The lowest BCUT2D eigenvalue weighted by atomic mass is 10.0. The van der Waals surface area contributed by atoms with Crippen molar-refractivity contribution in [2.45, 2.75) is 13.3 Å². The third-order valence-electron chi connectivity index (χ3n) is 2.14. The third-order valence-corrected chi connectivity index (χ3v) is 2.14. The third kappa shape index (κ3) is 2.64. The smallest absolute Gasteiger partial charge is 0.160 e. The van der Waals surface area contributed by atoms with Crippen molar-refractivity contribution in [1.82, 2.24) is 0 Å². The van der Waals surface area contributed by atoms with E-state index >= 15 is 0 Å². The van der Waals surface area contributed by atoms with Gasteiger partial charge in [0.25, 0.3) is 0 Å². The van der Waals surface area contributed by atoms with E-state index in [9.17, 15) is 5.11 Å². The Morgan fingerprint density at radius 1 is 1.43 bits per heavy atom. The number of hydrogen-bond donors (Lipinski definition) is 2. The highest BCUT2D eigenvalue weighted by molar-refractivity contribution is 5.41. The molecule has 1 unspecified atom stereocenters. The van der Waals surface area contributed by atoms with E-state index < -0.39 is 0 Å². The van der Waals surface area contributed by atoms with Crippen molar-refractivity contribution in [1.29, 1.82) is 0 Å². The molecule has 0 aliphatic carbocycles. The highest BCUT2D eigenvalue weighted by Crippen LogP contribution is 2.27. The summed E-state index contributed by atoms with van der Waals surface area (Å²) in [5.74, 6) is 0.852. The van der Waals surface area contributed by atoms with Gasteiger partial charge in [-0.3, -0.25) is 0 Å². The van der Waals surface area contributed by atoms with Gasteiger partial charge in [-0.25, -0.2) is 0 Å². The minimum absolute atomic E-state index is 0.146. The van der Waals surface area contributed by atoms with E-state index in [1.807, 2.05) is 13.0 Å². The van der Waals surface area contributed by atoms with Gasteiger partial charge in [0, 0.05) is 6.61 Å². The highest BCUT2D eigenvalue weighted by Gasteiger charge is 2.05. The van der Waals surface area contributed by atoms with Crippen LogP contribution in [0.15, 0.2) is 18.2 Å². The van der Waals surface area contributed by atoms with Gasteiger partial charge in [-0.1, -0.05) is 13.0 Å². The molecule has 0 amide bonds. The second-order valence-electron chi connectivity index (χ2n) is 3.50. The lowest BCUT2D eigenvalue weighted by Crippen LogP contribution is -2.04. The zero-order chi connectivity index (χ0) is 10.6. The Balaban J connectivity index is 2.79. The molecule has 1 atom stereocenters. The van der Waals surface area contributed by atoms with E-state index in [2.05, 4.69) is 0 Å². The Morgan fingerprint density at radius 2 is 2.14 bits per heavy atom. The van der Waals surface area contributed by atoms with Crippen LogP contribution in [0.1, 0.15) is 12.5 Å². The maximum absolute atomic E-state index is 9.35. The molecular weight excluding hydrogens is 180 g/mol. The van der Waals surface area contributed by atoms with E-state index in [-0.39, 0.29) is 18.3 Å². The minimum Gasteiger partial charge on any atom is -0.504 e. The number of aliphatic hydroxyl groups is 1. The molecule has 14 heavy (non-hydrogen) atoms. The fourth-order valence-electron chi connectivity index (χ4n) is 1.32. The van der Waals surface area contributed by atoms with Crippen LogP contribution in [0.5, 0.6) is 11.5 Å². The summed E-state index contributed by atoms with van der Waals surface area (Å²) in [5.41, 5.74) is 1.06. The van der Waals surface area contributed by atoms with Crippen molar-refractivity contribution < 1.29 is 14.9 Å². The van der Waals surface area contributed by atoms with Crippen LogP contribution in [0.2, 0.25) is 0 Å². The molecule has 0 spiro atoms. The predicted octanol–water partition coefficient (Wildman–Crippen LogP) is 1.57. The largest absolute Gasteiger partial charge is 0.504 e. The molecule has 0 saturated heterocycles. The summed E-state index contributed by atoms with van der Waals surface area (Å²) in [5, 5.41) is 18.2. The Bertz CT molecular complexity index is 297. The summed E-state index contributed by atoms with van der Waals surface area (Å²) in [6.45, 7) is 2.14. The average molecular weight is 196 g/mol. The molecular formula is C11H16O3. The molecule has 0 heterocycles. The topological polar surface area (TPSA) is 49.7 Å². The second-order valence-corrected chi connectivity index (χ2v) is 3.50. The van der Waals surface area contributed by atoms with Crippen LogP contribution < -0.4 is 4.74 Å². The van der Waals surface area contributed by atoms with Gasteiger partial charge in [-0.2, -0.15) is 0 Å². The van der Waals surface area contributed by atoms with Crippen LogP contribution in [0, 0.1) is 5.92 Å². The number of benzene rings is 1. The lowest BCUT2D eigenvalue weighted by molar-refractivity contribution is 0.237. The molecule has 2 N–H and O–H groups in total. The van der Waals surface area contributed by atoms with Gasteiger partial charge in [0.15, 0.2) is 11.5 Å². The van der Waals surface area contributed by atoms with Gasteiger partial charge in [0.2, 0.25) is 0 Å². The summed E-state index contributed by atoms with van der Waals surface area (Å²) in [6, 6.07) is 5.24. The lowest BCUT2D eigenvalue weighted by Gasteiger charge is -2.09. The van der Waals surface area contributed by atoms with Crippen molar-refractivity contribution in [2.24, 2.45) is 5.92 Å². The molecule has 1 rings (SSSR count). The second kappa shape index (κ2) is 4.86. The molecule has 1 aromatic carbocycles. The van der Waals surface area contributed by atoms with Crippen molar-refractivity contribution in [2.75, 3.05) is 13.7 Å². The first-order chi connectivity index (χ1) is 6.67. The summed E-state index contributed by atoms with van der Waals surface area (Å²) < 4.78 is 4.99. The molecule has 1 aromatic rings. The first-order valence-corrected chi connectivity index (χ1v) is 4.64. The summed E-state index contributed by atoms with van der Waals surface area (Å²) in [7, 11) is 1.52. The molecule has 3 nitrogen and oxygen atoms in total. The Labute approximate surface area is 84.0 Å². The van der Waals surface area contributed by atoms with Crippen molar-refractivity contribution in [3.63, 3.8) is 0 Å². The number of ether oxygens (including phenoxy) is 1. The quantitative estimate of drug-likeness (QED) is 0.768. The summed E-state index contributed by atoms with van der Waals surface area (Å²) in [4.78, 5) is 0. The molecule has 0 saturated carbocycles. The van der Waals surface area contributed by atoms with Crippen molar-refractivity contribution in [3.8, 4) is 11.5 Å². The van der Waals surface area contributed by atoms with E-state index in [0.717, 1.165) is 12.0 Å². The van der Waals surface area contributed by atoms with Crippen molar-refractivity contribution in [3.05, 3.63) is 23.8 Å². The standard InChI is InChI=1S/C11H16O3/c1-8(7-12)5-9-3-4-10(13)11(6-9)14-2/h3-4,6,8,12-13H,5,7H2,1-2H3. The van der Waals surface area contributed by atoms with Gasteiger partial charge in [0.1, 0.15) is 0 Å². The Kier molecular flexibility index (Phi) is 3.77. The maximum Gasteiger partial charge on any atom is 0.160 e. The fourth-order valence-corrected chi connectivity index (χ4v) is 1.32. The number of aliphatic hydroxyl groups excluding tert-OH is 1. The molecule has 0 radical (unpaired) electrons. The predicted molar refractivity (Wildman–Crippen MR) is 54.6 cm³/mol. The van der Waals surface area contributed by atoms with Gasteiger partial charge in [-0.05, 0) is 30.0 Å². The van der Waals surface area contributed by atoms with Gasteiger partial charge < -0.3 is 14.9 Å². The number of aromatic hydroxyl groups is 1. The first kappa shape index (κ1) is 10.9. The monoisotopic (exact) mass is 196 g/mol. The number of phenolic OH excluding ortho intramolecular Hbond substituents is 1. The number of methoxy groups -OCH3 is 1. The van der Waals surface area contributed by atoms with Crippen LogP contribution >= 0.6 is 0 Å². The number of hydrogen-bond acceptors (Lipinski definition) is 3. The van der Waals surface area contributed by atoms with Gasteiger partial charge >= 0.3 is 0 Å². The van der Waals surface area contributed by atoms with Crippen LogP contribution in [0.3, 0.4) is 0 Å². The van der Waals surface area contributed by atoms with Gasteiger partial charge in [0.05, 0.1) is 7.11 Å². The Morgan fingerprint density at radius 3 is 2.71 bits per heavy atom. The average Bonchev–Trinajstić information content (AvgIpc) is 2.20. The number of rotatable bonds is 4. The van der Waals surface area contributed by atoms with Crippen molar-refractivity contribution >= 4 is 0 Å². The number of phenols is 1.